The summed E-state index contributed by atoms with van der Waals surface area (Å²) in [5, 5.41) is 9.29. The Labute approximate surface area is 86.7 Å². The summed E-state index contributed by atoms with van der Waals surface area (Å²) in [6.45, 7) is 0. The average molecular weight is 237 g/mol. The topological polar surface area (TPSA) is 38.0 Å². The van der Waals surface area contributed by atoms with Gasteiger partial charge in [0, 0.05) is 0 Å². The summed E-state index contributed by atoms with van der Waals surface area (Å²) >= 11 is 5.64. The molecule has 7 heteroatoms. The number of fused-ring (bicyclic) bond motifs is 1. The molecule has 0 radical (unpaired) electrons. The van der Waals surface area contributed by atoms with E-state index in [9.17, 15) is 18.4 Å². The molecule has 2 rings (SSSR count). The van der Waals surface area contributed by atoms with Gasteiger partial charge in [0.15, 0.2) is 0 Å². The Morgan fingerprint density at radius 1 is 1.33 bits per heavy atom. The summed E-state index contributed by atoms with van der Waals surface area (Å²) in [5.74, 6) is -1.38. The van der Waals surface area contributed by atoms with E-state index in [2.05, 4.69) is 4.98 Å². The van der Waals surface area contributed by atoms with Gasteiger partial charge in [-0.1, -0.05) is 17.7 Å². The van der Waals surface area contributed by atoms with Gasteiger partial charge >= 0.3 is 6.18 Å². The lowest BCUT2D eigenvalue weighted by Crippen LogP contribution is -2.12. The zero-order valence-electron chi connectivity index (χ0n) is 7.09. The third kappa shape index (κ3) is 1.50. The van der Waals surface area contributed by atoms with Crippen molar-refractivity contribution in [3.63, 3.8) is 0 Å². The lowest BCUT2D eigenvalue weighted by molar-refractivity contribution is -0.153. The van der Waals surface area contributed by atoms with Gasteiger partial charge in [-0.2, -0.15) is 17.9 Å². The molecule has 80 valence electrons. The van der Waals surface area contributed by atoms with Crippen molar-refractivity contribution in [3.05, 3.63) is 29.0 Å². The molecule has 0 saturated heterocycles. The summed E-state index contributed by atoms with van der Waals surface area (Å²) < 4.78 is 37.0. The van der Waals surface area contributed by atoms with Crippen molar-refractivity contribution in [2.24, 2.45) is 0 Å². The van der Waals surface area contributed by atoms with Crippen molar-refractivity contribution in [1.82, 2.24) is 9.71 Å². The highest BCUT2D eigenvalue weighted by Crippen LogP contribution is 2.32. The van der Waals surface area contributed by atoms with Gasteiger partial charge in [0.1, 0.15) is 11.0 Å². The number of hydrogen-bond donors (Lipinski definition) is 1. The maximum absolute atomic E-state index is 12.3. The Balaban J connectivity index is 2.81. The number of para-hydroxylation sites is 1. The molecular formula is C8H4ClF3N2O. The van der Waals surface area contributed by atoms with Gasteiger partial charge in [0.2, 0.25) is 0 Å². The fourth-order valence-corrected chi connectivity index (χ4v) is 1.45. The lowest BCUT2D eigenvalue weighted by Gasteiger charge is -2.03. The molecule has 0 aliphatic heterocycles. The second-order valence-corrected chi connectivity index (χ2v) is 3.26. The molecule has 1 N–H and O–H groups in total. The van der Waals surface area contributed by atoms with Crippen LogP contribution in [0.15, 0.2) is 18.2 Å². The highest BCUT2D eigenvalue weighted by Gasteiger charge is 2.38. The maximum Gasteiger partial charge on any atom is 0.453 e. The summed E-state index contributed by atoms with van der Waals surface area (Å²) in [6.07, 6.45) is -4.71. The molecule has 0 spiro atoms. The largest absolute Gasteiger partial charge is 0.453 e. The van der Waals surface area contributed by atoms with Crippen LogP contribution in [-0.4, -0.2) is 14.9 Å². The van der Waals surface area contributed by atoms with Crippen molar-refractivity contribution < 1.29 is 18.4 Å². The van der Waals surface area contributed by atoms with Crippen LogP contribution >= 0.6 is 11.6 Å². The van der Waals surface area contributed by atoms with Gasteiger partial charge < -0.3 is 5.21 Å². The van der Waals surface area contributed by atoms with Crippen molar-refractivity contribution in [2.45, 2.75) is 6.18 Å². The Bertz CT molecular complexity index is 520. The molecule has 0 aliphatic carbocycles. The van der Waals surface area contributed by atoms with E-state index in [1.54, 1.807) is 0 Å². The SMILES string of the molecule is On1c(C(F)(F)F)nc2c(Cl)cccc21. The molecule has 3 nitrogen and oxygen atoms in total. The van der Waals surface area contributed by atoms with Crippen LogP contribution in [0.2, 0.25) is 5.02 Å². The van der Waals surface area contributed by atoms with E-state index in [4.69, 9.17) is 11.6 Å². The first-order chi connectivity index (χ1) is 6.91. The molecule has 1 heterocycles. The highest BCUT2D eigenvalue weighted by molar-refractivity contribution is 6.34. The quantitative estimate of drug-likeness (QED) is 0.714. The number of aromatic nitrogens is 2. The molecule has 15 heavy (non-hydrogen) atoms. The van der Waals surface area contributed by atoms with Crippen LogP contribution in [-0.2, 0) is 6.18 Å². The number of nitrogens with zero attached hydrogens (tertiary/aromatic N) is 2. The van der Waals surface area contributed by atoms with Crippen molar-refractivity contribution in [1.29, 1.82) is 0 Å². The van der Waals surface area contributed by atoms with Crippen LogP contribution in [0, 0.1) is 0 Å². The van der Waals surface area contributed by atoms with Gasteiger partial charge in [0.25, 0.3) is 5.82 Å². The Morgan fingerprint density at radius 2 is 2.00 bits per heavy atom. The van der Waals surface area contributed by atoms with Crippen LogP contribution in [0.1, 0.15) is 5.82 Å². The van der Waals surface area contributed by atoms with Gasteiger partial charge in [0.05, 0.1) is 5.02 Å². The van der Waals surface area contributed by atoms with Crippen LogP contribution in [0.5, 0.6) is 0 Å². The fourth-order valence-electron chi connectivity index (χ4n) is 1.24. The molecule has 0 atom stereocenters. The predicted molar refractivity (Wildman–Crippen MR) is 46.9 cm³/mol. The number of imidazole rings is 1. The minimum absolute atomic E-state index is 0.0127. The molecule has 0 amide bonds. The van der Waals surface area contributed by atoms with E-state index >= 15 is 0 Å². The van der Waals surface area contributed by atoms with E-state index in [1.165, 1.54) is 18.2 Å². The lowest BCUT2D eigenvalue weighted by atomic mass is 10.3. The average Bonchev–Trinajstić information content (AvgIpc) is 2.45. The first-order valence-corrected chi connectivity index (χ1v) is 4.22. The second-order valence-electron chi connectivity index (χ2n) is 2.85. The number of halogens is 4. The molecule has 0 unspecified atom stereocenters. The minimum Gasteiger partial charge on any atom is -0.426 e. The second kappa shape index (κ2) is 3.03. The predicted octanol–water partition coefficient (Wildman–Crippen LogP) is 2.95. The zero-order chi connectivity index (χ0) is 11.2. The number of rotatable bonds is 0. The highest BCUT2D eigenvalue weighted by atomic mass is 35.5. The third-order valence-electron chi connectivity index (χ3n) is 1.87. The van der Waals surface area contributed by atoms with Crippen LogP contribution in [0.3, 0.4) is 0 Å². The van der Waals surface area contributed by atoms with Crippen LogP contribution < -0.4 is 0 Å². The third-order valence-corrected chi connectivity index (χ3v) is 2.17. The molecule has 2 aromatic rings. The van der Waals surface area contributed by atoms with E-state index in [0.29, 0.717) is 0 Å². The standard InChI is InChI=1S/C8H4ClF3N2O/c9-4-2-1-3-5-6(4)13-7(14(5)15)8(10,11)12/h1-3,15H. The van der Waals surface area contributed by atoms with Gasteiger partial charge in [-0.25, -0.2) is 4.98 Å². The monoisotopic (exact) mass is 236 g/mol. The summed E-state index contributed by atoms with van der Waals surface area (Å²) in [4.78, 5) is 3.24. The molecule has 0 aliphatic rings. The number of benzene rings is 1. The maximum atomic E-state index is 12.3. The van der Waals surface area contributed by atoms with Gasteiger partial charge in [-0.05, 0) is 12.1 Å². The smallest absolute Gasteiger partial charge is 0.426 e. The van der Waals surface area contributed by atoms with Crippen LogP contribution in [0.25, 0.3) is 11.0 Å². The van der Waals surface area contributed by atoms with E-state index in [1.807, 2.05) is 0 Å². The summed E-state index contributed by atoms with van der Waals surface area (Å²) in [6, 6.07) is 4.12. The van der Waals surface area contributed by atoms with E-state index in [0.717, 1.165) is 0 Å². The molecule has 1 aromatic heterocycles. The number of hydrogen-bond acceptors (Lipinski definition) is 2. The normalized spacial score (nSPS) is 12.3. The molecular weight excluding hydrogens is 233 g/mol. The summed E-state index contributed by atoms with van der Waals surface area (Å²) in [5.41, 5.74) is -0.149. The number of alkyl halides is 3. The van der Waals surface area contributed by atoms with Gasteiger partial charge in [-0.3, -0.25) is 0 Å². The van der Waals surface area contributed by atoms with Gasteiger partial charge in [-0.15, -0.1) is 0 Å². The first-order valence-electron chi connectivity index (χ1n) is 3.84. The van der Waals surface area contributed by atoms with E-state index < -0.39 is 12.0 Å². The first kappa shape index (κ1) is 10.1. The molecule has 0 fully saturated rings. The Kier molecular flexibility index (Phi) is 2.04. The Morgan fingerprint density at radius 3 is 2.53 bits per heavy atom. The molecule has 1 aromatic carbocycles. The molecule has 0 saturated carbocycles. The molecule has 0 bridgehead atoms. The van der Waals surface area contributed by atoms with Crippen molar-refractivity contribution in [2.75, 3.05) is 0 Å². The van der Waals surface area contributed by atoms with E-state index in [-0.39, 0.29) is 20.8 Å². The fraction of sp³-hybridized carbons (Fsp3) is 0.125. The van der Waals surface area contributed by atoms with Crippen molar-refractivity contribution in [3.8, 4) is 0 Å². The van der Waals surface area contributed by atoms with Crippen molar-refractivity contribution >= 4 is 22.6 Å². The van der Waals surface area contributed by atoms with Crippen LogP contribution in [0.4, 0.5) is 13.2 Å². The zero-order valence-corrected chi connectivity index (χ0v) is 7.84. The Hall–Kier alpha value is -1.43. The minimum atomic E-state index is -4.71. The summed E-state index contributed by atoms with van der Waals surface area (Å²) in [7, 11) is 0.